The molecule has 180 valence electrons. The van der Waals surface area contributed by atoms with Crippen molar-refractivity contribution in [3.05, 3.63) is 95.9 Å². The van der Waals surface area contributed by atoms with Gasteiger partial charge in [-0.3, -0.25) is 4.79 Å². The zero-order valence-corrected chi connectivity index (χ0v) is 20.2. The highest BCUT2D eigenvalue weighted by Crippen LogP contribution is 2.30. The fraction of sp³-hybridized carbons (Fsp3) is 0.143. The van der Waals surface area contributed by atoms with Crippen LogP contribution in [0, 0.1) is 6.92 Å². The van der Waals surface area contributed by atoms with Crippen LogP contribution in [0.3, 0.4) is 0 Å². The maximum atomic E-state index is 13.1. The fourth-order valence-corrected chi connectivity index (χ4v) is 3.98. The van der Waals surface area contributed by atoms with Gasteiger partial charge in [0, 0.05) is 5.69 Å². The van der Waals surface area contributed by atoms with Crippen LogP contribution < -0.4 is 14.8 Å². The first-order valence-corrected chi connectivity index (χ1v) is 11.6. The summed E-state index contributed by atoms with van der Waals surface area (Å²) in [5.41, 5.74) is 4.78. The highest BCUT2D eigenvalue weighted by Gasteiger charge is 2.21. The summed E-state index contributed by atoms with van der Waals surface area (Å²) in [6.45, 7) is 3.86. The monoisotopic (exact) mass is 479 g/mol. The number of hydrogen-bond acceptors (Lipinski definition) is 6. The molecule has 5 rings (SSSR count). The molecule has 1 N–H and O–H groups in total. The van der Waals surface area contributed by atoms with Crippen LogP contribution in [0.25, 0.3) is 16.8 Å². The van der Waals surface area contributed by atoms with Crippen LogP contribution in [0.15, 0.2) is 78.9 Å². The Morgan fingerprint density at radius 2 is 1.56 bits per heavy atom. The van der Waals surface area contributed by atoms with Crippen LogP contribution in [0.4, 0.5) is 5.69 Å². The third kappa shape index (κ3) is 4.48. The number of para-hydroxylation sites is 1. The molecule has 0 aliphatic heterocycles. The molecular formula is C28H25N5O3. The van der Waals surface area contributed by atoms with Crippen LogP contribution in [0.1, 0.15) is 28.8 Å². The normalized spacial score (nSPS) is 10.9. The number of ether oxygens (including phenoxy) is 2. The Morgan fingerprint density at radius 3 is 2.22 bits per heavy atom. The zero-order chi connectivity index (χ0) is 25.1. The van der Waals surface area contributed by atoms with Gasteiger partial charge in [0.15, 0.2) is 11.3 Å². The number of rotatable bonds is 7. The molecule has 0 saturated heterocycles. The van der Waals surface area contributed by atoms with Crippen LogP contribution in [-0.4, -0.2) is 32.8 Å². The van der Waals surface area contributed by atoms with Crippen LogP contribution >= 0.6 is 0 Å². The Hall–Kier alpha value is -4.72. The molecule has 2 heterocycles. The van der Waals surface area contributed by atoms with E-state index in [9.17, 15) is 4.79 Å². The molecule has 36 heavy (non-hydrogen) atoms. The van der Waals surface area contributed by atoms with Crippen molar-refractivity contribution in [3.63, 3.8) is 0 Å². The minimum absolute atomic E-state index is 0.207. The van der Waals surface area contributed by atoms with E-state index in [4.69, 9.17) is 14.6 Å². The van der Waals surface area contributed by atoms with E-state index >= 15 is 0 Å². The second kappa shape index (κ2) is 9.87. The minimum Gasteiger partial charge on any atom is -0.497 e. The molecule has 0 radical (unpaired) electrons. The van der Waals surface area contributed by atoms with E-state index in [1.54, 1.807) is 35.9 Å². The summed E-state index contributed by atoms with van der Waals surface area (Å²) < 4.78 is 12.8. The van der Waals surface area contributed by atoms with E-state index in [-0.39, 0.29) is 11.6 Å². The molecule has 0 aliphatic rings. The van der Waals surface area contributed by atoms with Gasteiger partial charge in [-0.25, -0.2) is 4.52 Å². The first kappa shape index (κ1) is 23.0. The van der Waals surface area contributed by atoms with Gasteiger partial charge < -0.3 is 14.8 Å². The van der Waals surface area contributed by atoms with E-state index in [0.717, 1.165) is 28.3 Å². The first-order chi connectivity index (χ1) is 17.6. The van der Waals surface area contributed by atoms with E-state index in [1.807, 2.05) is 68.4 Å². The van der Waals surface area contributed by atoms with Crippen molar-refractivity contribution in [3.8, 4) is 28.4 Å². The molecule has 8 nitrogen and oxygen atoms in total. The van der Waals surface area contributed by atoms with Gasteiger partial charge in [0.05, 0.1) is 24.1 Å². The summed E-state index contributed by atoms with van der Waals surface area (Å²) in [4.78, 5) is 13.1. The molecule has 2 aromatic heterocycles. The average molecular weight is 480 g/mol. The number of anilines is 1. The number of aryl methyl sites for hydroxylation is 2. The average Bonchev–Trinajstić information content (AvgIpc) is 3.30. The number of benzene rings is 3. The van der Waals surface area contributed by atoms with Crippen molar-refractivity contribution in [2.75, 3.05) is 12.4 Å². The molecule has 3 aromatic carbocycles. The van der Waals surface area contributed by atoms with Gasteiger partial charge in [-0.05, 0) is 67.4 Å². The molecule has 5 aromatic rings. The first-order valence-electron chi connectivity index (χ1n) is 11.6. The second-order valence-corrected chi connectivity index (χ2v) is 8.17. The number of carbonyl (C=O) groups is 1. The summed E-state index contributed by atoms with van der Waals surface area (Å²) >= 11 is 0. The Bertz CT molecular complexity index is 1510. The topological polar surface area (TPSA) is 90.6 Å². The van der Waals surface area contributed by atoms with Gasteiger partial charge in [0.25, 0.3) is 5.91 Å². The minimum atomic E-state index is -0.363. The van der Waals surface area contributed by atoms with Crippen LogP contribution in [0.5, 0.6) is 17.2 Å². The number of amides is 1. The lowest BCUT2D eigenvalue weighted by Gasteiger charge is -2.09. The Labute approximate surface area is 208 Å². The van der Waals surface area contributed by atoms with Crippen molar-refractivity contribution in [1.29, 1.82) is 0 Å². The number of methoxy groups -OCH3 is 1. The lowest BCUT2D eigenvalue weighted by Crippen LogP contribution is -2.18. The molecule has 0 spiro atoms. The Morgan fingerprint density at radius 1 is 0.889 bits per heavy atom. The number of hydrogen-bond donors (Lipinski definition) is 1. The lowest BCUT2D eigenvalue weighted by molar-refractivity contribution is 0.102. The summed E-state index contributed by atoms with van der Waals surface area (Å²) in [5, 5.41) is 16.3. The zero-order valence-electron chi connectivity index (χ0n) is 20.2. The van der Waals surface area contributed by atoms with Crippen molar-refractivity contribution in [1.82, 2.24) is 19.8 Å². The van der Waals surface area contributed by atoms with E-state index < -0.39 is 0 Å². The molecular weight excluding hydrogens is 454 g/mol. The SMILES string of the molecule is CCc1nn2c(C)c(C(=O)Nc3ccc(Oc4ccccc4)cc3)nnc2c1-c1ccc(OC)cc1. The Balaban J connectivity index is 1.40. The van der Waals surface area contributed by atoms with Gasteiger partial charge >= 0.3 is 0 Å². The predicted octanol–water partition coefficient (Wildman–Crippen LogP) is 5.72. The molecule has 0 fully saturated rings. The largest absolute Gasteiger partial charge is 0.497 e. The highest BCUT2D eigenvalue weighted by molar-refractivity contribution is 6.03. The molecule has 8 heteroatoms. The lowest BCUT2D eigenvalue weighted by atomic mass is 10.0. The van der Waals surface area contributed by atoms with E-state index in [2.05, 4.69) is 15.5 Å². The summed E-state index contributed by atoms with van der Waals surface area (Å²) in [6, 6.07) is 24.4. The maximum absolute atomic E-state index is 13.1. The van der Waals surface area contributed by atoms with Crippen LogP contribution in [0.2, 0.25) is 0 Å². The van der Waals surface area contributed by atoms with Crippen molar-refractivity contribution < 1.29 is 14.3 Å². The quantitative estimate of drug-likeness (QED) is 0.321. The number of nitrogens with one attached hydrogen (secondary N) is 1. The summed E-state index contributed by atoms with van der Waals surface area (Å²) in [5.74, 6) is 1.83. The highest BCUT2D eigenvalue weighted by atomic mass is 16.5. The van der Waals surface area contributed by atoms with Gasteiger partial charge in [-0.1, -0.05) is 37.3 Å². The van der Waals surface area contributed by atoms with Gasteiger partial charge in [-0.15, -0.1) is 10.2 Å². The predicted molar refractivity (Wildman–Crippen MR) is 138 cm³/mol. The summed E-state index contributed by atoms with van der Waals surface area (Å²) in [6.07, 6.45) is 0.711. The third-order valence-corrected chi connectivity index (χ3v) is 5.86. The summed E-state index contributed by atoms with van der Waals surface area (Å²) in [7, 11) is 1.64. The van der Waals surface area contributed by atoms with E-state index in [1.165, 1.54) is 0 Å². The number of nitrogens with zero attached hydrogens (tertiary/aromatic N) is 4. The van der Waals surface area contributed by atoms with Crippen molar-refractivity contribution >= 4 is 17.2 Å². The molecule has 0 aliphatic carbocycles. The number of aromatic nitrogens is 4. The Kier molecular flexibility index (Phi) is 6.32. The van der Waals surface area contributed by atoms with Crippen LogP contribution in [-0.2, 0) is 6.42 Å². The second-order valence-electron chi connectivity index (χ2n) is 8.17. The molecule has 1 amide bonds. The molecule has 0 bridgehead atoms. The van der Waals surface area contributed by atoms with Gasteiger partial charge in [0.2, 0.25) is 0 Å². The number of carbonyl (C=O) groups excluding carboxylic acids is 1. The number of fused-ring (bicyclic) bond motifs is 1. The van der Waals surface area contributed by atoms with Gasteiger partial charge in [-0.2, -0.15) is 5.10 Å². The van der Waals surface area contributed by atoms with Crippen molar-refractivity contribution in [2.24, 2.45) is 0 Å². The standard InChI is InChI=1S/C28H25N5O3/c1-4-24-25(19-10-14-21(35-3)15-11-19)27-31-30-26(18(2)33(27)32-24)28(34)29-20-12-16-23(17-13-20)36-22-8-6-5-7-9-22/h5-17H,4H2,1-3H3,(H,29,34). The molecule has 0 atom stereocenters. The van der Waals surface area contributed by atoms with Gasteiger partial charge in [0.1, 0.15) is 17.2 Å². The third-order valence-electron chi connectivity index (χ3n) is 5.86. The van der Waals surface area contributed by atoms with Crippen molar-refractivity contribution in [2.45, 2.75) is 20.3 Å². The van der Waals surface area contributed by atoms with E-state index in [0.29, 0.717) is 29.2 Å². The molecule has 0 saturated carbocycles. The molecule has 0 unspecified atom stereocenters. The fourth-order valence-electron chi connectivity index (χ4n) is 3.98. The maximum Gasteiger partial charge on any atom is 0.278 e. The smallest absolute Gasteiger partial charge is 0.278 e.